The molecule has 1 N–H and O–H groups in total. The zero-order valence-corrected chi connectivity index (χ0v) is 18.1. The summed E-state index contributed by atoms with van der Waals surface area (Å²) in [5, 5.41) is 4.52. The third-order valence-electron chi connectivity index (χ3n) is 3.93. The van der Waals surface area contributed by atoms with Crippen LogP contribution in [0.2, 0.25) is 10.0 Å². The second kappa shape index (κ2) is 8.95. The first-order valence-corrected chi connectivity index (χ1v) is 10.8. The highest BCUT2D eigenvalue weighted by molar-refractivity contribution is 7.92. The summed E-state index contributed by atoms with van der Waals surface area (Å²) in [6.07, 6.45) is 0. The molecule has 0 amide bonds. The summed E-state index contributed by atoms with van der Waals surface area (Å²) < 4.78 is 43.4. The molecule has 0 aliphatic heterocycles. The van der Waals surface area contributed by atoms with Crippen LogP contribution in [0.15, 0.2) is 51.9 Å². The second-order valence-electron chi connectivity index (χ2n) is 5.86. The summed E-state index contributed by atoms with van der Waals surface area (Å²) in [6.45, 7) is 1.69. The minimum atomic E-state index is -4.25. The van der Waals surface area contributed by atoms with Gasteiger partial charge in [0.05, 0.1) is 13.7 Å². The van der Waals surface area contributed by atoms with Crippen LogP contribution in [0.1, 0.15) is 17.3 Å². The van der Waals surface area contributed by atoms with Crippen LogP contribution in [0.5, 0.6) is 5.75 Å². The predicted octanol–water partition coefficient (Wildman–Crippen LogP) is 4.63. The zero-order valence-electron chi connectivity index (χ0n) is 15.8. The SMILES string of the molecule is CCOC(=O)c1c(-c2ccc(Cl)cc2)noc1NS(=O)(=O)c1cc(Cl)ccc1OC. The molecule has 30 heavy (non-hydrogen) atoms. The van der Waals surface area contributed by atoms with Crippen molar-refractivity contribution in [3.05, 3.63) is 58.1 Å². The third-order valence-corrected chi connectivity index (χ3v) is 5.77. The molecule has 11 heteroatoms. The number of hydrogen-bond acceptors (Lipinski definition) is 7. The Kier molecular flexibility index (Phi) is 6.55. The molecular weight excluding hydrogens is 455 g/mol. The Balaban J connectivity index is 2.09. The van der Waals surface area contributed by atoms with Gasteiger partial charge in [-0.3, -0.25) is 0 Å². The van der Waals surface area contributed by atoms with E-state index in [4.69, 9.17) is 37.2 Å². The first-order chi connectivity index (χ1) is 14.3. The molecule has 158 valence electrons. The molecule has 0 saturated carbocycles. The lowest BCUT2D eigenvalue weighted by molar-refractivity contribution is 0.0528. The van der Waals surface area contributed by atoms with Gasteiger partial charge in [-0.25, -0.2) is 17.9 Å². The molecule has 0 saturated heterocycles. The van der Waals surface area contributed by atoms with E-state index in [1.807, 2.05) is 0 Å². The Morgan fingerprint density at radius 3 is 2.43 bits per heavy atom. The fourth-order valence-corrected chi connectivity index (χ4v) is 4.15. The molecule has 8 nitrogen and oxygen atoms in total. The lowest BCUT2D eigenvalue weighted by Crippen LogP contribution is -2.16. The number of carbonyl (C=O) groups excluding carboxylic acids is 1. The number of halogens is 2. The largest absolute Gasteiger partial charge is 0.495 e. The number of rotatable bonds is 7. The summed E-state index contributed by atoms with van der Waals surface area (Å²) in [4.78, 5) is 12.3. The van der Waals surface area contributed by atoms with E-state index in [2.05, 4.69) is 9.88 Å². The summed E-state index contributed by atoms with van der Waals surface area (Å²) in [5.74, 6) is -1.15. The maximum atomic E-state index is 12.9. The lowest BCUT2D eigenvalue weighted by atomic mass is 10.1. The first-order valence-electron chi connectivity index (χ1n) is 8.56. The van der Waals surface area contributed by atoms with E-state index in [1.54, 1.807) is 31.2 Å². The zero-order chi connectivity index (χ0) is 21.9. The number of carbonyl (C=O) groups is 1. The maximum Gasteiger partial charge on any atom is 0.346 e. The number of esters is 1. The van der Waals surface area contributed by atoms with Gasteiger partial charge in [0.1, 0.15) is 16.3 Å². The van der Waals surface area contributed by atoms with Crippen LogP contribution in [-0.2, 0) is 14.8 Å². The Morgan fingerprint density at radius 2 is 1.80 bits per heavy atom. The van der Waals surface area contributed by atoms with Crippen LogP contribution >= 0.6 is 23.2 Å². The van der Waals surface area contributed by atoms with E-state index < -0.39 is 21.9 Å². The third kappa shape index (κ3) is 4.53. The molecule has 0 unspecified atom stereocenters. The standard InChI is InChI=1S/C19H16Cl2N2O6S/c1-3-28-19(24)16-17(11-4-6-12(20)7-5-11)22-29-18(16)23-30(25,26)15-10-13(21)8-9-14(15)27-2/h4-10,23H,3H2,1-2H3. The number of sulfonamides is 1. The number of aromatic nitrogens is 1. The van der Waals surface area contributed by atoms with Gasteiger partial charge in [0, 0.05) is 15.6 Å². The second-order valence-corrected chi connectivity index (χ2v) is 8.39. The van der Waals surface area contributed by atoms with E-state index in [9.17, 15) is 13.2 Å². The van der Waals surface area contributed by atoms with Crippen molar-refractivity contribution in [3.8, 4) is 17.0 Å². The van der Waals surface area contributed by atoms with E-state index in [1.165, 1.54) is 25.3 Å². The monoisotopic (exact) mass is 470 g/mol. The normalized spacial score (nSPS) is 11.2. The molecule has 2 aromatic carbocycles. The number of nitrogens with one attached hydrogen (secondary N) is 1. The van der Waals surface area contributed by atoms with Gasteiger partial charge in [-0.05, 0) is 37.3 Å². The molecule has 3 aromatic rings. The van der Waals surface area contributed by atoms with E-state index in [0.29, 0.717) is 10.6 Å². The summed E-state index contributed by atoms with van der Waals surface area (Å²) in [5.41, 5.74) is 0.404. The average Bonchev–Trinajstić information content (AvgIpc) is 3.11. The van der Waals surface area contributed by atoms with Gasteiger partial charge in [0.2, 0.25) is 0 Å². The van der Waals surface area contributed by atoms with Gasteiger partial charge < -0.3 is 14.0 Å². The molecule has 0 fully saturated rings. The fourth-order valence-electron chi connectivity index (χ4n) is 2.59. The summed E-state index contributed by atoms with van der Waals surface area (Å²) >= 11 is 11.8. The van der Waals surface area contributed by atoms with Crippen LogP contribution in [0.4, 0.5) is 5.88 Å². The highest BCUT2D eigenvalue weighted by Crippen LogP contribution is 2.34. The van der Waals surface area contributed by atoms with Crippen molar-refractivity contribution >= 4 is 45.1 Å². The molecule has 0 aliphatic carbocycles. The summed E-state index contributed by atoms with van der Waals surface area (Å²) in [6, 6.07) is 10.5. The summed E-state index contributed by atoms with van der Waals surface area (Å²) in [7, 11) is -2.93. The van der Waals surface area contributed by atoms with Crippen LogP contribution in [0, 0.1) is 0 Å². The van der Waals surface area contributed by atoms with Crippen molar-refractivity contribution in [2.45, 2.75) is 11.8 Å². The van der Waals surface area contributed by atoms with Gasteiger partial charge in [-0.2, -0.15) is 0 Å². The molecule has 0 aliphatic rings. The fraction of sp³-hybridized carbons (Fsp3) is 0.158. The smallest absolute Gasteiger partial charge is 0.346 e. The van der Waals surface area contributed by atoms with Gasteiger partial charge >= 0.3 is 5.97 Å². The maximum absolute atomic E-state index is 12.9. The number of nitrogens with zero attached hydrogens (tertiary/aromatic N) is 1. The van der Waals surface area contributed by atoms with Gasteiger partial charge in [-0.1, -0.05) is 40.5 Å². The van der Waals surface area contributed by atoms with Gasteiger partial charge in [0.15, 0.2) is 5.56 Å². The number of benzene rings is 2. The molecular formula is C19H16Cl2N2O6S. The number of hydrogen-bond donors (Lipinski definition) is 1. The van der Waals surface area contributed by atoms with E-state index in [-0.39, 0.29) is 33.5 Å². The molecule has 0 bridgehead atoms. The average molecular weight is 471 g/mol. The number of anilines is 1. The van der Waals surface area contributed by atoms with Crippen LogP contribution in [0.3, 0.4) is 0 Å². The molecule has 0 spiro atoms. The number of methoxy groups -OCH3 is 1. The van der Waals surface area contributed by atoms with Gasteiger partial charge in [-0.15, -0.1) is 0 Å². The Bertz CT molecular complexity index is 1180. The van der Waals surface area contributed by atoms with Crippen molar-refractivity contribution in [1.29, 1.82) is 0 Å². The van der Waals surface area contributed by atoms with Crippen molar-refractivity contribution in [2.75, 3.05) is 18.4 Å². The highest BCUT2D eigenvalue weighted by atomic mass is 35.5. The highest BCUT2D eigenvalue weighted by Gasteiger charge is 2.30. The van der Waals surface area contributed by atoms with Crippen LogP contribution in [-0.4, -0.2) is 33.3 Å². The van der Waals surface area contributed by atoms with E-state index in [0.717, 1.165) is 0 Å². The Morgan fingerprint density at radius 1 is 1.13 bits per heavy atom. The van der Waals surface area contributed by atoms with Crippen molar-refractivity contribution in [2.24, 2.45) is 0 Å². The Hall–Kier alpha value is -2.75. The van der Waals surface area contributed by atoms with Crippen molar-refractivity contribution < 1.29 is 27.2 Å². The van der Waals surface area contributed by atoms with Gasteiger partial charge in [0.25, 0.3) is 15.9 Å². The first kappa shape index (κ1) is 21.9. The van der Waals surface area contributed by atoms with Crippen molar-refractivity contribution in [3.63, 3.8) is 0 Å². The minimum Gasteiger partial charge on any atom is -0.495 e. The lowest BCUT2D eigenvalue weighted by Gasteiger charge is -2.11. The predicted molar refractivity (Wildman–Crippen MR) is 112 cm³/mol. The minimum absolute atomic E-state index is 0.0574. The quantitative estimate of drug-likeness (QED) is 0.501. The molecule has 0 radical (unpaired) electrons. The van der Waals surface area contributed by atoms with Crippen LogP contribution < -0.4 is 9.46 Å². The molecule has 1 aromatic heterocycles. The van der Waals surface area contributed by atoms with Crippen LogP contribution in [0.25, 0.3) is 11.3 Å². The molecule has 0 atom stereocenters. The van der Waals surface area contributed by atoms with E-state index >= 15 is 0 Å². The molecule has 3 rings (SSSR count). The molecule has 1 heterocycles. The number of ether oxygens (including phenoxy) is 2. The Labute approximate surface area is 182 Å². The van der Waals surface area contributed by atoms with Crippen molar-refractivity contribution in [1.82, 2.24) is 5.16 Å². The topological polar surface area (TPSA) is 108 Å².